The molecule has 40 heavy (non-hydrogen) atoms. The first-order valence-electron chi connectivity index (χ1n) is 13.6. The van der Waals surface area contributed by atoms with Gasteiger partial charge in [0.05, 0.1) is 53.6 Å². The maximum Gasteiger partial charge on any atom is 0.410 e. The fraction of sp³-hybridized carbons (Fsp3) is 0.483. The summed E-state index contributed by atoms with van der Waals surface area (Å²) < 4.78 is 40.6. The van der Waals surface area contributed by atoms with Crippen LogP contribution in [-0.2, 0) is 9.47 Å². The zero-order valence-corrected chi connectivity index (χ0v) is 23.6. The van der Waals surface area contributed by atoms with Crippen LogP contribution in [-0.4, -0.2) is 78.5 Å². The minimum Gasteiger partial charge on any atom is -0.444 e. The van der Waals surface area contributed by atoms with Crippen LogP contribution in [0.25, 0.3) is 10.9 Å². The summed E-state index contributed by atoms with van der Waals surface area (Å²) in [4.78, 5) is 27.8. The van der Waals surface area contributed by atoms with E-state index < -0.39 is 17.2 Å². The topological polar surface area (TPSA) is 83.1 Å². The third kappa shape index (κ3) is 5.89. The van der Waals surface area contributed by atoms with Crippen LogP contribution >= 0.6 is 0 Å². The Hall–Kier alpha value is -3.73. The average molecular weight is 555 g/mol. The highest BCUT2D eigenvalue weighted by molar-refractivity contribution is 5.98. The highest BCUT2D eigenvalue weighted by Gasteiger charge is 2.32. The molecule has 1 atom stereocenters. The van der Waals surface area contributed by atoms with E-state index in [2.05, 4.69) is 20.1 Å². The molecule has 4 heterocycles. The maximum absolute atomic E-state index is 15.3. The molecule has 0 unspecified atom stereocenters. The summed E-state index contributed by atoms with van der Waals surface area (Å²) in [5, 5.41) is 3.58. The number of carbonyl (C=O) groups excluding carboxylic acids is 1. The maximum atomic E-state index is 15.3. The van der Waals surface area contributed by atoms with Gasteiger partial charge in [0.1, 0.15) is 23.1 Å². The van der Waals surface area contributed by atoms with Gasteiger partial charge in [-0.3, -0.25) is 4.98 Å². The Morgan fingerprint density at radius 1 is 1.10 bits per heavy atom. The van der Waals surface area contributed by atoms with E-state index in [-0.39, 0.29) is 23.0 Å². The molecule has 1 aromatic carbocycles. The van der Waals surface area contributed by atoms with Crippen LogP contribution in [0, 0.1) is 18.6 Å². The van der Waals surface area contributed by atoms with Crippen molar-refractivity contribution in [1.82, 2.24) is 14.9 Å². The number of hydrogen-bond acceptors (Lipinski definition) is 8. The van der Waals surface area contributed by atoms with Crippen LogP contribution in [0.4, 0.5) is 36.5 Å². The number of nitrogens with zero attached hydrogens (tertiary/aromatic N) is 5. The minimum atomic E-state index is -0.697. The van der Waals surface area contributed by atoms with E-state index in [9.17, 15) is 9.18 Å². The van der Waals surface area contributed by atoms with Crippen molar-refractivity contribution < 1.29 is 23.0 Å². The number of piperazine rings is 1. The van der Waals surface area contributed by atoms with Crippen LogP contribution in [0.5, 0.6) is 0 Å². The fourth-order valence-electron chi connectivity index (χ4n) is 5.23. The molecule has 0 radical (unpaired) electrons. The molecule has 214 valence electrons. The summed E-state index contributed by atoms with van der Waals surface area (Å²) in [7, 11) is 0. The van der Waals surface area contributed by atoms with Gasteiger partial charge in [-0.15, -0.1) is 0 Å². The number of amides is 1. The number of halogens is 2. The number of pyridine rings is 2. The highest BCUT2D eigenvalue weighted by Crippen LogP contribution is 2.38. The van der Waals surface area contributed by atoms with Crippen molar-refractivity contribution in [3.8, 4) is 0 Å². The number of rotatable bonds is 4. The third-order valence-electron chi connectivity index (χ3n) is 7.14. The van der Waals surface area contributed by atoms with E-state index in [1.807, 2.05) is 40.7 Å². The van der Waals surface area contributed by atoms with Crippen molar-refractivity contribution >= 4 is 39.9 Å². The molecule has 9 nitrogen and oxygen atoms in total. The molecule has 11 heteroatoms. The first-order valence-corrected chi connectivity index (χ1v) is 13.6. The number of morpholine rings is 1. The van der Waals surface area contributed by atoms with Crippen LogP contribution in [0.15, 0.2) is 30.6 Å². The predicted octanol–water partition coefficient (Wildman–Crippen LogP) is 5.24. The van der Waals surface area contributed by atoms with Crippen molar-refractivity contribution in [3.05, 3.63) is 47.8 Å². The molecule has 1 amide bonds. The molecule has 0 saturated carbocycles. The standard InChI is InChI=1S/C29H36F2N6O3/c1-18-17-36(28(38)40-29(3,4)5)6-7-37(18)27-19(2)26(25-23(31)12-20(30)13-24(25)34-27)33-21-14-22(16-32-15-21)35-8-10-39-11-9-35/h12-16,18H,6-11,17H2,1-5H3,(H,33,34)/t18-/m0/s1. The lowest BCUT2D eigenvalue weighted by atomic mass is 10.1. The average Bonchev–Trinajstić information content (AvgIpc) is 2.90. The monoisotopic (exact) mass is 554 g/mol. The number of benzene rings is 1. The SMILES string of the molecule is Cc1c(N2CCN(C(=O)OC(C)(C)C)C[C@@H]2C)nc2cc(F)cc(F)c2c1Nc1cncc(N2CCOCC2)c1. The highest BCUT2D eigenvalue weighted by atomic mass is 19.1. The Morgan fingerprint density at radius 2 is 1.85 bits per heavy atom. The van der Waals surface area contributed by atoms with E-state index >= 15 is 4.39 Å². The predicted molar refractivity (Wildman–Crippen MR) is 152 cm³/mol. The lowest BCUT2D eigenvalue weighted by Crippen LogP contribution is -2.55. The molecule has 1 N–H and O–H groups in total. The number of hydrogen-bond donors (Lipinski definition) is 1. The van der Waals surface area contributed by atoms with Crippen molar-refractivity contribution in [2.24, 2.45) is 0 Å². The minimum absolute atomic E-state index is 0.109. The van der Waals surface area contributed by atoms with E-state index in [4.69, 9.17) is 14.5 Å². The van der Waals surface area contributed by atoms with Gasteiger partial charge in [0.2, 0.25) is 0 Å². The lowest BCUT2D eigenvalue weighted by Gasteiger charge is -2.41. The number of ether oxygens (including phenoxy) is 2. The van der Waals surface area contributed by atoms with Crippen LogP contribution in [0.1, 0.15) is 33.3 Å². The molecule has 2 aromatic heterocycles. The van der Waals surface area contributed by atoms with Gasteiger partial charge in [0.15, 0.2) is 0 Å². The van der Waals surface area contributed by atoms with Gasteiger partial charge in [-0.1, -0.05) is 0 Å². The van der Waals surface area contributed by atoms with Crippen molar-refractivity contribution in [1.29, 1.82) is 0 Å². The molecule has 2 fully saturated rings. The Kier molecular flexibility index (Phi) is 7.67. The summed E-state index contributed by atoms with van der Waals surface area (Å²) in [6.07, 6.45) is 3.11. The van der Waals surface area contributed by atoms with E-state index in [0.717, 1.165) is 24.8 Å². The molecular formula is C29H36F2N6O3. The summed E-state index contributed by atoms with van der Waals surface area (Å²) in [5.41, 5.74) is 2.45. The molecule has 0 spiro atoms. The van der Waals surface area contributed by atoms with Crippen LogP contribution < -0.4 is 15.1 Å². The summed E-state index contributed by atoms with van der Waals surface area (Å²) in [6, 6.07) is 3.98. The smallest absolute Gasteiger partial charge is 0.410 e. The second-order valence-corrected chi connectivity index (χ2v) is 11.3. The molecular weight excluding hydrogens is 518 g/mol. The largest absolute Gasteiger partial charge is 0.444 e. The molecule has 5 rings (SSSR count). The zero-order valence-electron chi connectivity index (χ0n) is 23.6. The van der Waals surface area contributed by atoms with E-state index in [1.165, 1.54) is 6.07 Å². The molecule has 0 bridgehead atoms. The molecule has 2 aliphatic rings. The van der Waals surface area contributed by atoms with Gasteiger partial charge in [-0.2, -0.15) is 0 Å². The van der Waals surface area contributed by atoms with Gasteiger partial charge >= 0.3 is 6.09 Å². The van der Waals surface area contributed by atoms with Gasteiger partial charge in [-0.25, -0.2) is 18.6 Å². The van der Waals surface area contributed by atoms with Gasteiger partial charge in [0.25, 0.3) is 0 Å². The Labute approximate surface area is 233 Å². The fourth-order valence-corrected chi connectivity index (χ4v) is 5.23. The zero-order chi connectivity index (χ0) is 28.6. The molecule has 0 aliphatic carbocycles. The number of carbonyl (C=O) groups is 1. The van der Waals surface area contributed by atoms with E-state index in [0.29, 0.717) is 55.6 Å². The lowest BCUT2D eigenvalue weighted by molar-refractivity contribution is 0.0218. The van der Waals surface area contributed by atoms with Gasteiger partial charge in [-0.05, 0) is 40.7 Å². The number of anilines is 4. The number of fused-ring (bicyclic) bond motifs is 1. The van der Waals surface area contributed by atoms with Gasteiger partial charge in [0, 0.05) is 56.5 Å². The molecule has 2 saturated heterocycles. The first-order chi connectivity index (χ1) is 19.0. The van der Waals surface area contributed by atoms with Crippen LogP contribution in [0.3, 0.4) is 0 Å². The second-order valence-electron chi connectivity index (χ2n) is 11.3. The van der Waals surface area contributed by atoms with Crippen LogP contribution in [0.2, 0.25) is 0 Å². The summed E-state index contributed by atoms with van der Waals surface area (Å²) in [5.74, 6) is -0.787. The van der Waals surface area contributed by atoms with Crippen molar-refractivity contribution in [2.45, 2.75) is 46.3 Å². The normalized spacial score (nSPS) is 18.3. The quantitative estimate of drug-likeness (QED) is 0.469. The molecule has 2 aliphatic heterocycles. The number of aromatic nitrogens is 2. The van der Waals surface area contributed by atoms with E-state index in [1.54, 1.807) is 17.3 Å². The Balaban J connectivity index is 1.49. The van der Waals surface area contributed by atoms with Gasteiger partial charge < -0.3 is 29.5 Å². The molecule has 3 aromatic rings. The summed E-state index contributed by atoms with van der Waals surface area (Å²) in [6.45, 7) is 13.5. The Bertz CT molecular complexity index is 1410. The number of nitrogens with one attached hydrogen (secondary N) is 1. The second kappa shape index (κ2) is 11.0. The first kappa shape index (κ1) is 27.8. The van der Waals surface area contributed by atoms with Crippen molar-refractivity contribution in [2.75, 3.05) is 61.1 Å². The summed E-state index contributed by atoms with van der Waals surface area (Å²) >= 11 is 0. The third-order valence-corrected chi connectivity index (χ3v) is 7.14. The van der Waals surface area contributed by atoms with Crippen molar-refractivity contribution in [3.63, 3.8) is 0 Å². The Morgan fingerprint density at radius 3 is 2.55 bits per heavy atom.